The standard InChI is InChI=1S/C18H14Cl2N2O3S/c19-11-4-3-8(6-12(11)20)13-7-26-18(21-13)22-16(23)14-9-1-2-10(5-9)15(14)17(24)25/h1-4,6-7,9-10,14-15H,5H2,(H,24,25)(H,21,22,23)/t9-,10+,14+,15+/m1/s1. The Balaban J connectivity index is 1.52. The molecule has 0 radical (unpaired) electrons. The number of aromatic nitrogens is 1. The summed E-state index contributed by atoms with van der Waals surface area (Å²) in [6.07, 6.45) is 4.60. The molecule has 0 saturated heterocycles. The molecule has 0 unspecified atom stereocenters. The van der Waals surface area contributed by atoms with Gasteiger partial charge in [0.15, 0.2) is 5.13 Å². The van der Waals surface area contributed by atoms with Gasteiger partial charge in [0.1, 0.15) is 0 Å². The second-order valence-electron chi connectivity index (χ2n) is 6.49. The van der Waals surface area contributed by atoms with Crippen LogP contribution in [-0.2, 0) is 9.59 Å². The van der Waals surface area contributed by atoms with Crippen LogP contribution in [0.5, 0.6) is 0 Å². The fourth-order valence-electron chi connectivity index (χ4n) is 3.82. The summed E-state index contributed by atoms with van der Waals surface area (Å²) in [6, 6.07) is 5.21. The van der Waals surface area contributed by atoms with Gasteiger partial charge in [0.25, 0.3) is 0 Å². The Kier molecular flexibility index (Phi) is 4.50. The average molecular weight is 409 g/mol. The first-order valence-corrected chi connectivity index (χ1v) is 9.70. The molecule has 1 fully saturated rings. The Hall–Kier alpha value is -1.89. The SMILES string of the molecule is O=C(Nc1nc(-c2ccc(Cl)c(Cl)c2)cs1)[C@@H]1[C@@H](C(=O)O)[C@H]2C=C[C@@H]1C2. The highest BCUT2D eigenvalue weighted by Gasteiger charge is 2.51. The number of allylic oxidation sites excluding steroid dienone is 2. The molecule has 2 aromatic rings. The molecule has 2 bridgehead atoms. The summed E-state index contributed by atoms with van der Waals surface area (Å²) in [4.78, 5) is 28.7. The second kappa shape index (κ2) is 6.68. The Morgan fingerprint density at radius 2 is 1.88 bits per heavy atom. The zero-order chi connectivity index (χ0) is 18.4. The molecule has 134 valence electrons. The van der Waals surface area contributed by atoms with Crippen LogP contribution in [0.1, 0.15) is 6.42 Å². The number of benzene rings is 1. The van der Waals surface area contributed by atoms with Crippen LogP contribution in [0.4, 0.5) is 5.13 Å². The zero-order valence-electron chi connectivity index (χ0n) is 13.4. The van der Waals surface area contributed by atoms with Crippen molar-refractivity contribution in [1.82, 2.24) is 4.98 Å². The predicted molar refractivity (Wildman–Crippen MR) is 102 cm³/mol. The van der Waals surface area contributed by atoms with Crippen LogP contribution in [0.15, 0.2) is 35.7 Å². The number of amides is 1. The second-order valence-corrected chi connectivity index (χ2v) is 8.17. The summed E-state index contributed by atoms with van der Waals surface area (Å²) < 4.78 is 0. The van der Waals surface area contributed by atoms with Gasteiger partial charge in [-0.1, -0.05) is 41.4 Å². The van der Waals surface area contributed by atoms with Crippen LogP contribution in [-0.4, -0.2) is 22.0 Å². The topological polar surface area (TPSA) is 79.3 Å². The van der Waals surface area contributed by atoms with E-state index in [1.807, 2.05) is 17.5 Å². The molecule has 5 nitrogen and oxygen atoms in total. The summed E-state index contributed by atoms with van der Waals surface area (Å²) in [6.45, 7) is 0. The molecule has 26 heavy (non-hydrogen) atoms. The first-order chi connectivity index (χ1) is 12.4. The number of fused-ring (bicyclic) bond motifs is 2. The highest BCUT2D eigenvalue weighted by molar-refractivity contribution is 7.14. The van der Waals surface area contributed by atoms with Crippen LogP contribution in [0.3, 0.4) is 0 Å². The highest BCUT2D eigenvalue weighted by atomic mass is 35.5. The van der Waals surface area contributed by atoms with Crippen LogP contribution < -0.4 is 5.32 Å². The number of halogens is 2. The maximum absolute atomic E-state index is 12.7. The molecule has 1 aromatic heterocycles. The van der Waals surface area contributed by atoms with Crippen LogP contribution in [0.25, 0.3) is 11.3 Å². The van der Waals surface area contributed by atoms with Crippen molar-refractivity contribution in [1.29, 1.82) is 0 Å². The van der Waals surface area contributed by atoms with E-state index in [2.05, 4.69) is 10.3 Å². The van der Waals surface area contributed by atoms with Crippen molar-refractivity contribution < 1.29 is 14.7 Å². The lowest BCUT2D eigenvalue weighted by molar-refractivity contribution is -0.146. The number of anilines is 1. The quantitative estimate of drug-likeness (QED) is 0.725. The van der Waals surface area contributed by atoms with E-state index in [0.29, 0.717) is 20.9 Å². The number of aliphatic carboxylic acids is 1. The number of rotatable bonds is 4. The van der Waals surface area contributed by atoms with Crippen molar-refractivity contribution in [2.45, 2.75) is 6.42 Å². The number of thiazole rings is 1. The van der Waals surface area contributed by atoms with Gasteiger partial charge in [0.05, 0.1) is 27.6 Å². The lowest BCUT2D eigenvalue weighted by atomic mass is 9.82. The number of carbonyl (C=O) groups excluding carboxylic acids is 1. The number of nitrogens with zero attached hydrogens (tertiary/aromatic N) is 1. The Morgan fingerprint density at radius 1 is 1.15 bits per heavy atom. The van der Waals surface area contributed by atoms with Gasteiger partial charge >= 0.3 is 5.97 Å². The van der Waals surface area contributed by atoms with Gasteiger partial charge in [-0.2, -0.15) is 0 Å². The molecule has 4 atom stereocenters. The third kappa shape index (κ3) is 3.02. The molecule has 4 rings (SSSR count). The minimum absolute atomic E-state index is 0.0180. The number of carboxylic acids is 1. The molecule has 1 saturated carbocycles. The Bertz CT molecular complexity index is 927. The molecule has 1 aromatic carbocycles. The molecule has 2 N–H and O–H groups in total. The summed E-state index contributed by atoms with van der Waals surface area (Å²) in [5.74, 6) is -2.51. The maximum atomic E-state index is 12.7. The Morgan fingerprint density at radius 3 is 2.58 bits per heavy atom. The van der Waals surface area contributed by atoms with Crippen LogP contribution in [0.2, 0.25) is 10.0 Å². The van der Waals surface area contributed by atoms with Crippen molar-refractivity contribution in [3.63, 3.8) is 0 Å². The largest absolute Gasteiger partial charge is 0.481 e. The van der Waals surface area contributed by atoms with Crippen molar-refractivity contribution in [3.8, 4) is 11.3 Å². The summed E-state index contributed by atoms with van der Waals surface area (Å²) in [5.41, 5.74) is 1.47. The third-order valence-electron chi connectivity index (χ3n) is 5.00. The smallest absolute Gasteiger partial charge is 0.307 e. The number of hydrogen-bond donors (Lipinski definition) is 2. The van der Waals surface area contributed by atoms with E-state index in [1.54, 1.807) is 18.2 Å². The fourth-order valence-corrected chi connectivity index (χ4v) is 4.84. The molecular formula is C18H14Cl2N2O3S. The van der Waals surface area contributed by atoms with Crippen molar-refractivity contribution >= 4 is 51.5 Å². The third-order valence-corrected chi connectivity index (χ3v) is 6.49. The highest BCUT2D eigenvalue weighted by Crippen LogP contribution is 2.48. The van der Waals surface area contributed by atoms with Gasteiger partial charge in [0.2, 0.25) is 5.91 Å². The first kappa shape index (κ1) is 17.5. The van der Waals surface area contributed by atoms with Crippen molar-refractivity contribution in [3.05, 3.63) is 45.8 Å². The number of carbonyl (C=O) groups is 2. The molecule has 1 heterocycles. The molecular weight excluding hydrogens is 395 g/mol. The molecule has 2 aliphatic carbocycles. The minimum Gasteiger partial charge on any atom is -0.481 e. The molecule has 1 amide bonds. The van der Waals surface area contributed by atoms with Gasteiger partial charge in [-0.25, -0.2) is 4.98 Å². The van der Waals surface area contributed by atoms with Gasteiger partial charge < -0.3 is 10.4 Å². The van der Waals surface area contributed by atoms with E-state index < -0.39 is 17.8 Å². The van der Waals surface area contributed by atoms with E-state index in [-0.39, 0.29) is 17.7 Å². The van der Waals surface area contributed by atoms with E-state index in [4.69, 9.17) is 23.2 Å². The van der Waals surface area contributed by atoms with E-state index >= 15 is 0 Å². The maximum Gasteiger partial charge on any atom is 0.307 e. The molecule has 2 aliphatic rings. The number of nitrogens with one attached hydrogen (secondary N) is 1. The lowest BCUT2D eigenvalue weighted by Crippen LogP contribution is -2.36. The average Bonchev–Trinajstić information content (AvgIpc) is 3.32. The van der Waals surface area contributed by atoms with Crippen LogP contribution in [0, 0.1) is 23.7 Å². The predicted octanol–water partition coefficient (Wildman–Crippen LogP) is 4.58. The molecule has 0 spiro atoms. The summed E-state index contributed by atoms with van der Waals surface area (Å²) in [7, 11) is 0. The van der Waals surface area contributed by atoms with Crippen molar-refractivity contribution in [2.75, 3.05) is 5.32 Å². The zero-order valence-corrected chi connectivity index (χ0v) is 15.7. The number of carboxylic acid groups (broad SMARTS) is 1. The lowest BCUT2D eigenvalue weighted by Gasteiger charge is -2.23. The summed E-state index contributed by atoms with van der Waals surface area (Å²) >= 11 is 13.2. The first-order valence-electron chi connectivity index (χ1n) is 8.07. The van der Waals surface area contributed by atoms with E-state index in [0.717, 1.165) is 12.0 Å². The van der Waals surface area contributed by atoms with Gasteiger partial charge in [-0.05, 0) is 30.4 Å². The molecule has 8 heteroatoms. The van der Waals surface area contributed by atoms with Gasteiger partial charge in [0, 0.05) is 10.9 Å². The van der Waals surface area contributed by atoms with E-state index in [1.165, 1.54) is 11.3 Å². The fraction of sp³-hybridized carbons (Fsp3) is 0.278. The van der Waals surface area contributed by atoms with Gasteiger partial charge in [-0.3, -0.25) is 9.59 Å². The van der Waals surface area contributed by atoms with E-state index in [9.17, 15) is 14.7 Å². The minimum atomic E-state index is -0.919. The Labute approximate surface area is 163 Å². The number of hydrogen-bond acceptors (Lipinski definition) is 4. The van der Waals surface area contributed by atoms with Crippen LogP contribution >= 0.6 is 34.5 Å². The van der Waals surface area contributed by atoms with Crippen molar-refractivity contribution in [2.24, 2.45) is 23.7 Å². The summed E-state index contributed by atoms with van der Waals surface area (Å²) in [5, 5.41) is 15.4. The van der Waals surface area contributed by atoms with Gasteiger partial charge in [-0.15, -0.1) is 11.3 Å². The normalized spacial score (nSPS) is 26.2. The monoisotopic (exact) mass is 408 g/mol. The molecule has 0 aliphatic heterocycles.